The minimum absolute atomic E-state index is 0.640. The SMILES string of the molecule is C=CCN1CCCC2(CNC2)C1. The summed E-state index contributed by atoms with van der Waals surface area (Å²) < 4.78 is 0. The molecule has 2 fully saturated rings. The van der Waals surface area contributed by atoms with E-state index in [9.17, 15) is 0 Å². The number of nitrogens with one attached hydrogen (secondary N) is 1. The van der Waals surface area contributed by atoms with Gasteiger partial charge in [0.2, 0.25) is 0 Å². The Kier molecular flexibility index (Phi) is 2.20. The molecular weight excluding hydrogens is 148 g/mol. The first-order valence-electron chi connectivity index (χ1n) is 4.89. The van der Waals surface area contributed by atoms with Crippen molar-refractivity contribution in [3.05, 3.63) is 12.7 Å². The van der Waals surface area contributed by atoms with Gasteiger partial charge in [0.05, 0.1) is 0 Å². The minimum atomic E-state index is 0.640. The fourth-order valence-electron chi connectivity index (χ4n) is 2.42. The fourth-order valence-corrected chi connectivity index (χ4v) is 2.42. The highest BCUT2D eigenvalue weighted by Gasteiger charge is 2.39. The Morgan fingerprint density at radius 3 is 2.92 bits per heavy atom. The quantitative estimate of drug-likeness (QED) is 0.612. The summed E-state index contributed by atoms with van der Waals surface area (Å²) in [5.41, 5.74) is 0.640. The summed E-state index contributed by atoms with van der Waals surface area (Å²) in [7, 11) is 0. The van der Waals surface area contributed by atoms with E-state index in [2.05, 4.69) is 16.8 Å². The maximum absolute atomic E-state index is 3.79. The van der Waals surface area contributed by atoms with E-state index in [1.165, 1.54) is 39.0 Å². The molecule has 0 aromatic carbocycles. The van der Waals surface area contributed by atoms with Gasteiger partial charge >= 0.3 is 0 Å². The molecule has 0 bridgehead atoms. The molecule has 1 N–H and O–H groups in total. The van der Waals surface area contributed by atoms with E-state index in [1.807, 2.05) is 6.08 Å². The molecule has 2 nitrogen and oxygen atoms in total. The average molecular weight is 166 g/mol. The largest absolute Gasteiger partial charge is 0.315 e. The van der Waals surface area contributed by atoms with Gasteiger partial charge in [0.1, 0.15) is 0 Å². The van der Waals surface area contributed by atoms with Crippen LogP contribution < -0.4 is 5.32 Å². The summed E-state index contributed by atoms with van der Waals surface area (Å²) in [6.07, 6.45) is 4.81. The van der Waals surface area contributed by atoms with Crippen LogP contribution in [0.4, 0.5) is 0 Å². The standard InChI is InChI=1S/C10H18N2/c1-2-5-12-6-3-4-10(9-12)7-11-8-10/h2,11H,1,3-9H2. The van der Waals surface area contributed by atoms with Crippen LogP contribution in [0.15, 0.2) is 12.7 Å². The first kappa shape index (κ1) is 8.27. The van der Waals surface area contributed by atoms with Gasteiger partial charge in [-0.25, -0.2) is 0 Å². The van der Waals surface area contributed by atoms with Crippen LogP contribution >= 0.6 is 0 Å². The Morgan fingerprint density at radius 2 is 2.33 bits per heavy atom. The zero-order valence-corrected chi connectivity index (χ0v) is 7.68. The highest BCUT2D eigenvalue weighted by molar-refractivity contribution is 4.97. The van der Waals surface area contributed by atoms with Gasteiger partial charge in [-0.3, -0.25) is 4.90 Å². The molecule has 2 rings (SSSR count). The van der Waals surface area contributed by atoms with Gasteiger partial charge in [0.15, 0.2) is 0 Å². The third kappa shape index (κ3) is 1.41. The molecule has 0 unspecified atom stereocenters. The zero-order valence-electron chi connectivity index (χ0n) is 7.68. The average Bonchev–Trinajstić information content (AvgIpc) is 2.03. The molecule has 2 heterocycles. The summed E-state index contributed by atoms with van der Waals surface area (Å²) in [6, 6.07) is 0. The van der Waals surface area contributed by atoms with E-state index >= 15 is 0 Å². The van der Waals surface area contributed by atoms with E-state index < -0.39 is 0 Å². The highest BCUT2D eigenvalue weighted by Crippen LogP contribution is 2.33. The molecule has 2 heteroatoms. The first-order valence-corrected chi connectivity index (χ1v) is 4.89. The summed E-state index contributed by atoms with van der Waals surface area (Å²) in [5.74, 6) is 0. The molecule has 0 aliphatic carbocycles. The van der Waals surface area contributed by atoms with Crippen LogP contribution in [0, 0.1) is 5.41 Å². The lowest BCUT2D eigenvalue weighted by atomic mass is 9.75. The summed E-state index contributed by atoms with van der Waals surface area (Å²) in [6.45, 7) is 9.89. The van der Waals surface area contributed by atoms with E-state index in [0.29, 0.717) is 5.41 Å². The normalized spacial score (nSPS) is 28.3. The van der Waals surface area contributed by atoms with Gasteiger partial charge < -0.3 is 5.32 Å². The molecule has 1 spiro atoms. The van der Waals surface area contributed by atoms with Crippen molar-refractivity contribution in [1.29, 1.82) is 0 Å². The van der Waals surface area contributed by atoms with Gasteiger partial charge in [-0.1, -0.05) is 6.08 Å². The second kappa shape index (κ2) is 3.19. The molecule has 2 aliphatic rings. The van der Waals surface area contributed by atoms with Crippen molar-refractivity contribution in [3.8, 4) is 0 Å². The predicted molar refractivity (Wildman–Crippen MR) is 51.2 cm³/mol. The molecule has 0 atom stereocenters. The molecule has 0 radical (unpaired) electrons. The molecule has 0 amide bonds. The monoisotopic (exact) mass is 166 g/mol. The van der Waals surface area contributed by atoms with Gasteiger partial charge in [-0.15, -0.1) is 6.58 Å². The van der Waals surface area contributed by atoms with Gasteiger partial charge in [0, 0.05) is 31.6 Å². The molecule has 2 aliphatic heterocycles. The first-order chi connectivity index (χ1) is 5.85. The number of hydrogen-bond donors (Lipinski definition) is 1. The number of rotatable bonds is 2. The predicted octanol–water partition coefficient (Wildman–Crippen LogP) is 0.858. The lowest BCUT2D eigenvalue weighted by Crippen LogP contribution is -2.61. The lowest BCUT2D eigenvalue weighted by molar-refractivity contribution is 0.0480. The van der Waals surface area contributed by atoms with Crippen LogP contribution in [0.1, 0.15) is 12.8 Å². The third-order valence-corrected chi connectivity index (χ3v) is 3.13. The van der Waals surface area contributed by atoms with Crippen LogP contribution in [-0.2, 0) is 0 Å². The van der Waals surface area contributed by atoms with Crippen LogP contribution in [0.2, 0.25) is 0 Å². The molecule has 0 aromatic heterocycles. The Morgan fingerprint density at radius 1 is 1.50 bits per heavy atom. The van der Waals surface area contributed by atoms with Crippen molar-refractivity contribution in [3.63, 3.8) is 0 Å². The smallest absolute Gasteiger partial charge is 0.0160 e. The highest BCUT2D eigenvalue weighted by atomic mass is 15.2. The van der Waals surface area contributed by atoms with Crippen LogP contribution in [0.3, 0.4) is 0 Å². The summed E-state index contributed by atoms with van der Waals surface area (Å²) in [4.78, 5) is 2.53. The molecule has 12 heavy (non-hydrogen) atoms. The number of nitrogens with zero attached hydrogens (tertiary/aromatic N) is 1. The molecule has 2 saturated heterocycles. The third-order valence-electron chi connectivity index (χ3n) is 3.13. The maximum Gasteiger partial charge on any atom is 0.0160 e. The molecular formula is C10H18N2. The van der Waals surface area contributed by atoms with E-state index in [4.69, 9.17) is 0 Å². The van der Waals surface area contributed by atoms with Crippen LogP contribution in [-0.4, -0.2) is 37.6 Å². The summed E-state index contributed by atoms with van der Waals surface area (Å²) >= 11 is 0. The maximum atomic E-state index is 3.79. The van der Waals surface area contributed by atoms with Crippen LogP contribution in [0.25, 0.3) is 0 Å². The Bertz CT molecular complexity index is 173. The van der Waals surface area contributed by atoms with Gasteiger partial charge in [-0.2, -0.15) is 0 Å². The van der Waals surface area contributed by atoms with Gasteiger partial charge in [0.25, 0.3) is 0 Å². The molecule has 0 saturated carbocycles. The van der Waals surface area contributed by atoms with Gasteiger partial charge in [-0.05, 0) is 19.4 Å². The molecule has 0 aromatic rings. The van der Waals surface area contributed by atoms with Crippen molar-refractivity contribution in [2.75, 3.05) is 32.7 Å². The van der Waals surface area contributed by atoms with Crippen molar-refractivity contribution in [2.45, 2.75) is 12.8 Å². The topological polar surface area (TPSA) is 15.3 Å². The van der Waals surface area contributed by atoms with E-state index in [1.54, 1.807) is 0 Å². The van der Waals surface area contributed by atoms with E-state index in [-0.39, 0.29) is 0 Å². The molecule has 68 valence electrons. The Labute approximate surface area is 74.6 Å². The second-order valence-electron chi connectivity index (χ2n) is 4.23. The number of likely N-dealkylation sites (tertiary alicyclic amines) is 1. The minimum Gasteiger partial charge on any atom is -0.315 e. The summed E-state index contributed by atoms with van der Waals surface area (Å²) in [5, 5.41) is 3.38. The fraction of sp³-hybridized carbons (Fsp3) is 0.800. The Hall–Kier alpha value is -0.340. The Balaban J connectivity index is 1.89. The van der Waals surface area contributed by atoms with Crippen molar-refractivity contribution >= 4 is 0 Å². The zero-order chi connectivity index (χ0) is 8.44. The number of hydrogen-bond acceptors (Lipinski definition) is 2. The van der Waals surface area contributed by atoms with Crippen LogP contribution in [0.5, 0.6) is 0 Å². The van der Waals surface area contributed by atoms with Crippen molar-refractivity contribution in [1.82, 2.24) is 10.2 Å². The van der Waals surface area contributed by atoms with Crippen molar-refractivity contribution < 1.29 is 0 Å². The lowest BCUT2D eigenvalue weighted by Gasteiger charge is -2.49. The van der Waals surface area contributed by atoms with E-state index in [0.717, 1.165) is 6.54 Å². The van der Waals surface area contributed by atoms with Crippen molar-refractivity contribution in [2.24, 2.45) is 5.41 Å². The number of piperidine rings is 1. The second-order valence-corrected chi connectivity index (χ2v) is 4.23.